The fourth-order valence-electron chi connectivity index (χ4n) is 6.06. The van der Waals surface area contributed by atoms with Crippen LogP contribution in [0.1, 0.15) is 61.6 Å². The maximum atomic E-state index is 14.3. The number of alkyl halides is 3. The van der Waals surface area contributed by atoms with Crippen LogP contribution >= 0.6 is 11.6 Å². The van der Waals surface area contributed by atoms with Crippen molar-refractivity contribution in [3.05, 3.63) is 40.1 Å². The maximum Gasteiger partial charge on any atom is 0.264 e. The summed E-state index contributed by atoms with van der Waals surface area (Å²) in [6, 6.07) is 3.40. The number of likely N-dealkylation sites (N-methyl/N-ethyl adjacent to an activating group) is 1. The number of likely N-dealkylation sites (tertiary alicyclic amines) is 1. The number of carbonyl (C=O) groups is 2. The van der Waals surface area contributed by atoms with Gasteiger partial charge in [0.15, 0.2) is 0 Å². The molecular weight excluding hydrogens is 552 g/mol. The van der Waals surface area contributed by atoms with Crippen LogP contribution < -0.4 is 15.5 Å². The number of aryl methyl sites for hydroxylation is 1. The van der Waals surface area contributed by atoms with Gasteiger partial charge in [-0.25, -0.2) is 8.78 Å². The number of nitrogens with one attached hydrogen (secondary N) is 4. The largest absolute Gasteiger partial charge is 0.385 e. The van der Waals surface area contributed by atoms with Gasteiger partial charge < -0.3 is 30.7 Å². The molecule has 41 heavy (non-hydrogen) atoms. The van der Waals surface area contributed by atoms with Gasteiger partial charge >= 0.3 is 0 Å². The SMILES string of the molecule is CNCC(C=N)c1cc2c(cc1C(F)F)N(C(=N)C1=C(NC3CCN(C(=O)CCl)CC3)CCN(C(C)=O)C1)CCC2. The first-order valence-electron chi connectivity index (χ1n) is 14.2. The van der Waals surface area contributed by atoms with Crippen LogP contribution in [-0.4, -0.2) is 91.9 Å². The predicted octanol–water partition coefficient (Wildman–Crippen LogP) is 3.63. The van der Waals surface area contributed by atoms with E-state index in [1.807, 2.05) is 0 Å². The lowest BCUT2D eigenvalue weighted by Crippen LogP contribution is -2.48. The van der Waals surface area contributed by atoms with Gasteiger partial charge in [0.25, 0.3) is 6.43 Å². The zero-order valence-electron chi connectivity index (χ0n) is 23.7. The van der Waals surface area contributed by atoms with E-state index in [2.05, 4.69) is 10.6 Å². The average Bonchev–Trinajstić information content (AvgIpc) is 2.98. The van der Waals surface area contributed by atoms with Crippen molar-refractivity contribution in [3.8, 4) is 0 Å². The molecule has 1 saturated heterocycles. The molecule has 12 heteroatoms. The Morgan fingerprint density at radius 1 is 1.12 bits per heavy atom. The number of amidine groups is 1. The van der Waals surface area contributed by atoms with Gasteiger partial charge in [0.05, 0.1) is 6.54 Å². The molecule has 224 valence electrons. The number of rotatable bonds is 9. The Bertz CT molecular complexity index is 1200. The topological polar surface area (TPSA) is 116 Å². The lowest BCUT2D eigenvalue weighted by molar-refractivity contribution is -0.129. The Morgan fingerprint density at radius 2 is 1.85 bits per heavy atom. The molecule has 1 aromatic rings. The third-order valence-electron chi connectivity index (χ3n) is 8.35. The highest BCUT2D eigenvalue weighted by Crippen LogP contribution is 2.38. The number of fused-ring (bicyclic) bond motifs is 1. The first-order chi connectivity index (χ1) is 19.7. The van der Waals surface area contributed by atoms with Gasteiger partial charge in [0, 0.05) is 86.8 Å². The molecule has 9 nitrogen and oxygen atoms in total. The lowest BCUT2D eigenvalue weighted by atomic mass is 9.88. The number of piperidine rings is 1. The Balaban J connectivity index is 1.66. The fourth-order valence-corrected chi connectivity index (χ4v) is 6.23. The van der Waals surface area contributed by atoms with Gasteiger partial charge in [-0.2, -0.15) is 0 Å². The van der Waals surface area contributed by atoms with Gasteiger partial charge in [0.2, 0.25) is 11.8 Å². The molecule has 1 atom stereocenters. The van der Waals surface area contributed by atoms with E-state index < -0.39 is 12.3 Å². The number of nitrogens with zero attached hydrogens (tertiary/aromatic N) is 3. The standard InChI is InChI=1S/C29H40ClF2N7O2/c1-18(40)38-11-7-25(36-21-5-9-37(10-6-21)27(41)14-30)24(17-38)29(34)39-8-3-4-19-12-22(20(15-33)16-35-2)23(28(31)32)13-26(19)39/h12-13,15,20-21,28,33-36H,3-11,14,16-17H2,1-2H3. The molecule has 0 aromatic heterocycles. The second kappa shape index (κ2) is 13.7. The fraction of sp³-hybridized carbons (Fsp3) is 0.586. The Hall–Kier alpha value is -3.05. The molecular formula is C29H40ClF2N7O2. The Morgan fingerprint density at radius 3 is 2.46 bits per heavy atom. The maximum absolute atomic E-state index is 14.3. The molecule has 3 aliphatic heterocycles. The number of anilines is 1. The van der Waals surface area contributed by atoms with Crippen LogP contribution in [0, 0.1) is 10.8 Å². The van der Waals surface area contributed by atoms with Crippen molar-refractivity contribution in [3.63, 3.8) is 0 Å². The summed E-state index contributed by atoms with van der Waals surface area (Å²) in [6.45, 7) is 4.41. The van der Waals surface area contributed by atoms with Crippen molar-refractivity contribution in [2.24, 2.45) is 0 Å². The summed E-state index contributed by atoms with van der Waals surface area (Å²) in [4.78, 5) is 29.6. The first kappa shape index (κ1) is 30.9. The molecule has 2 amide bonds. The smallest absolute Gasteiger partial charge is 0.264 e. The van der Waals surface area contributed by atoms with E-state index in [0.717, 1.165) is 30.5 Å². The van der Waals surface area contributed by atoms with Crippen molar-refractivity contribution >= 4 is 41.2 Å². The van der Waals surface area contributed by atoms with E-state index in [0.29, 0.717) is 62.4 Å². The second-order valence-corrected chi connectivity index (χ2v) is 11.2. The van der Waals surface area contributed by atoms with Gasteiger partial charge in [-0.3, -0.25) is 15.0 Å². The normalized spacial score (nSPS) is 18.8. The summed E-state index contributed by atoms with van der Waals surface area (Å²) in [6.07, 6.45) is 1.99. The molecule has 4 rings (SSSR count). The molecule has 0 saturated carbocycles. The Labute approximate surface area is 245 Å². The van der Waals surface area contributed by atoms with Gasteiger partial charge in [-0.1, -0.05) is 6.07 Å². The van der Waals surface area contributed by atoms with Crippen molar-refractivity contribution in [2.45, 2.75) is 57.4 Å². The monoisotopic (exact) mass is 591 g/mol. The zero-order valence-corrected chi connectivity index (χ0v) is 24.5. The zero-order chi connectivity index (χ0) is 29.7. The minimum absolute atomic E-state index is 0.0327. The van der Waals surface area contributed by atoms with Gasteiger partial charge in [-0.15, -0.1) is 11.6 Å². The summed E-state index contributed by atoms with van der Waals surface area (Å²) >= 11 is 5.72. The third kappa shape index (κ3) is 6.89. The molecule has 4 N–H and O–H groups in total. The van der Waals surface area contributed by atoms with Gasteiger partial charge in [-0.05, 0) is 49.9 Å². The molecule has 0 spiro atoms. The molecule has 3 aliphatic rings. The average molecular weight is 592 g/mol. The van der Waals surface area contributed by atoms with Crippen LogP contribution in [0.2, 0.25) is 0 Å². The number of benzene rings is 1. The van der Waals surface area contributed by atoms with E-state index in [1.165, 1.54) is 19.2 Å². The number of amides is 2. The van der Waals surface area contributed by atoms with Crippen LogP contribution in [0.15, 0.2) is 23.4 Å². The second-order valence-electron chi connectivity index (χ2n) is 10.9. The number of hydrogen-bond acceptors (Lipinski definition) is 6. The quantitative estimate of drug-likeness (QED) is 0.199. The van der Waals surface area contributed by atoms with Crippen LogP contribution in [0.5, 0.6) is 0 Å². The molecule has 0 bridgehead atoms. The molecule has 1 fully saturated rings. The molecule has 0 radical (unpaired) electrons. The van der Waals surface area contributed by atoms with Crippen LogP contribution in [-0.2, 0) is 16.0 Å². The van der Waals surface area contributed by atoms with E-state index >= 15 is 0 Å². The lowest BCUT2D eigenvalue weighted by Gasteiger charge is -2.39. The highest BCUT2D eigenvalue weighted by Gasteiger charge is 2.32. The van der Waals surface area contributed by atoms with Crippen LogP contribution in [0.4, 0.5) is 14.5 Å². The van der Waals surface area contributed by atoms with Crippen molar-refractivity contribution in [1.29, 1.82) is 10.8 Å². The van der Waals surface area contributed by atoms with Crippen molar-refractivity contribution in [1.82, 2.24) is 20.4 Å². The summed E-state index contributed by atoms with van der Waals surface area (Å²) in [5.41, 5.74) is 3.38. The summed E-state index contributed by atoms with van der Waals surface area (Å²) < 4.78 is 28.6. The molecule has 3 heterocycles. The van der Waals surface area contributed by atoms with E-state index in [1.54, 1.807) is 27.8 Å². The minimum atomic E-state index is -2.72. The van der Waals surface area contributed by atoms with Crippen LogP contribution in [0.3, 0.4) is 0 Å². The Kier molecular flexibility index (Phi) is 10.4. The highest BCUT2D eigenvalue weighted by atomic mass is 35.5. The third-order valence-corrected chi connectivity index (χ3v) is 8.58. The summed E-state index contributed by atoms with van der Waals surface area (Å²) in [5.74, 6) is -0.449. The summed E-state index contributed by atoms with van der Waals surface area (Å²) in [5, 5.41) is 23.7. The van der Waals surface area contributed by atoms with Crippen molar-refractivity contribution in [2.75, 3.05) is 57.1 Å². The number of halogens is 3. The molecule has 1 unspecified atom stereocenters. The highest BCUT2D eigenvalue weighted by molar-refractivity contribution is 6.27. The molecule has 0 aliphatic carbocycles. The van der Waals surface area contributed by atoms with E-state index in [9.17, 15) is 23.8 Å². The predicted molar refractivity (Wildman–Crippen MR) is 158 cm³/mol. The van der Waals surface area contributed by atoms with E-state index in [-0.39, 0.29) is 41.7 Å². The number of carbonyl (C=O) groups excluding carboxylic acids is 2. The molecule has 1 aromatic carbocycles. The van der Waals surface area contributed by atoms with Gasteiger partial charge in [0.1, 0.15) is 11.7 Å². The van der Waals surface area contributed by atoms with E-state index in [4.69, 9.17) is 17.0 Å². The van der Waals surface area contributed by atoms with Crippen molar-refractivity contribution < 1.29 is 18.4 Å². The first-order valence-corrected chi connectivity index (χ1v) is 14.8. The minimum Gasteiger partial charge on any atom is -0.385 e. The van der Waals surface area contributed by atoms with Crippen LogP contribution in [0.25, 0.3) is 0 Å². The number of hydrogen-bond donors (Lipinski definition) is 4. The summed E-state index contributed by atoms with van der Waals surface area (Å²) in [7, 11) is 1.73.